The topological polar surface area (TPSA) is 42.0 Å². The highest BCUT2D eigenvalue weighted by Gasteiger charge is 2.15. The van der Waals surface area contributed by atoms with Crippen molar-refractivity contribution in [3.05, 3.63) is 60.7 Å². The van der Waals surface area contributed by atoms with Gasteiger partial charge < -0.3 is 5.32 Å². The van der Waals surface area contributed by atoms with Gasteiger partial charge in [0.1, 0.15) is 5.82 Å². The second-order valence-electron chi connectivity index (χ2n) is 5.74. The Labute approximate surface area is 144 Å². The molecule has 0 unspecified atom stereocenters. The zero-order valence-corrected chi connectivity index (χ0v) is 14.2. The predicted molar refractivity (Wildman–Crippen MR) is 96.4 cm³/mol. The van der Waals surface area contributed by atoms with Crippen LogP contribution in [0.15, 0.2) is 54.9 Å². The first-order valence-corrected chi connectivity index (χ1v) is 8.47. The van der Waals surface area contributed by atoms with Crippen LogP contribution < -0.4 is 5.32 Å². The zero-order chi connectivity index (χ0) is 17.1. The SMILES string of the molecule is CC(C)C(=O)Nc1cc(-c2ccncc2)c(-c2ccc(F)cc2)s1. The molecule has 0 aliphatic heterocycles. The molecule has 2 heterocycles. The highest BCUT2D eigenvalue weighted by molar-refractivity contribution is 7.20. The lowest BCUT2D eigenvalue weighted by atomic mass is 10.0. The molecule has 1 amide bonds. The number of nitrogens with one attached hydrogen (secondary N) is 1. The highest BCUT2D eigenvalue weighted by Crippen LogP contribution is 2.41. The summed E-state index contributed by atoms with van der Waals surface area (Å²) in [7, 11) is 0. The molecule has 0 spiro atoms. The van der Waals surface area contributed by atoms with Crippen LogP contribution in [0.25, 0.3) is 21.6 Å². The molecule has 1 N–H and O–H groups in total. The van der Waals surface area contributed by atoms with Crippen molar-refractivity contribution in [2.45, 2.75) is 13.8 Å². The van der Waals surface area contributed by atoms with Gasteiger partial charge in [0.25, 0.3) is 0 Å². The van der Waals surface area contributed by atoms with Crippen LogP contribution in [0.5, 0.6) is 0 Å². The fourth-order valence-corrected chi connectivity index (χ4v) is 3.37. The van der Waals surface area contributed by atoms with E-state index in [1.54, 1.807) is 24.5 Å². The summed E-state index contributed by atoms with van der Waals surface area (Å²) in [6.45, 7) is 3.71. The van der Waals surface area contributed by atoms with E-state index in [4.69, 9.17) is 0 Å². The van der Waals surface area contributed by atoms with Gasteiger partial charge in [-0.3, -0.25) is 9.78 Å². The molecular weight excluding hydrogens is 323 g/mol. The van der Waals surface area contributed by atoms with Crippen molar-refractivity contribution >= 4 is 22.2 Å². The molecule has 2 aromatic heterocycles. The van der Waals surface area contributed by atoms with Gasteiger partial charge in [0.2, 0.25) is 5.91 Å². The Kier molecular flexibility index (Phi) is 4.71. The molecule has 3 rings (SSSR count). The number of carbonyl (C=O) groups excluding carboxylic acids is 1. The maximum atomic E-state index is 13.2. The van der Waals surface area contributed by atoms with Crippen molar-refractivity contribution in [2.24, 2.45) is 5.92 Å². The minimum Gasteiger partial charge on any atom is -0.317 e. The van der Waals surface area contributed by atoms with E-state index in [-0.39, 0.29) is 17.6 Å². The molecule has 0 aliphatic carbocycles. The Morgan fingerprint density at radius 2 is 1.75 bits per heavy atom. The summed E-state index contributed by atoms with van der Waals surface area (Å²) >= 11 is 1.48. The lowest BCUT2D eigenvalue weighted by Gasteiger charge is -2.04. The molecule has 3 aromatic rings. The lowest BCUT2D eigenvalue weighted by molar-refractivity contribution is -0.118. The Bertz CT molecular complexity index is 842. The van der Waals surface area contributed by atoms with Gasteiger partial charge in [0, 0.05) is 28.8 Å². The van der Waals surface area contributed by atoms with Gasteiger partial charge >= 0.3 is 0 Å². The van der Waals surface area contributed by atoms with Gasteiger partial charge in [-0.2, -0.15) is 0 Å². The van der Waals surface area contributed by atoms with E-state index in [2.05, 4.69) is 10.3 Å². The first kappa shape index (κ1) is 16.3. The van der Waals surface area contributed by atoms with Crippen LogP contribution in [0.1, 0.15) is 13.8 Å². The van der Waals surface area contributed by atoms with Crippen molar-refractivity contribution in [3.63, 3.8) is 0 Å². The van der Waals surface area contributed by atoms with Crippen molar-refractivity contribution in [1.82, 2.24) is 4.98 Å². The first-order chi connectivity index (χ1) is 11.5. The second-order valence-corrected chi connectivity index (χ2v) is 6.79. The van der Waals surface area contributed by atoms with E-state index in [1.165, 1.54) is 23.5 Å². The zero-order valence-electron chi connectivity index (χ0n) is 13.4. The maximum absolute atomic E-state index is 13.2. The number of thiophene rings is 1. The number of carbonyl (C=O) groups is 1. The molecule has 5 heteroatoms. The largest absolute Gasteiger partial charge is 0.317 e. The molecule has 0 radical (unpaired) electrons. The smallest absolute Gasteiger partial charge is 0.227 e. The van der Waals surface area contributed by atoms with Gasteiger partial charge in [-0.25, -0.2) is 4.39 Å². The molecule has 3 nitrogen and oxygen atoms in total. The molecule has 0 aliphatic rings. The molecular formula is C19H17FN2OS. The number of aromatic nitrogens is 1. The summed E-state index contributed by atoms with van der Waals surface area (Å²) in [5, 5.41) is 3.72. The fourth-order valence-electron chi connectivity index (χ4n) is 2.28. The van der Waals surface area contributed by atoms with E-state index < -0.39 is 0 Å². The van der Waals surface area contributed by atoms with Crippen LogP contribution in [0, 0.1) is 11.7 Å². The summed E-state index contributed by atoms with van der Waals surface area (Å²) in [4.78, 5) is 17.0. The second kappa shape index (κ2) is 6.93. The molecule has 24 heavy (non-hydrogen) atoms. The van der Waals surface area contributed by atoms with Gasteiger partial charge in [0.05, 0.1) is 5.00 Å². The molecule has 1 aromatic carbocycles. The van der Waals surface area contributed by atoms with E-state index in [1.807, 2.05) is 32.0 Å². The molecule has 0 fully saturated rings. The summed E-state index contributed by atoms with van der Waals surface area (Å²) in [5.41, 5.74) is 2.91. The van der Waals surface area contributed by atoms with Crippen molar-refractivity contribution in [3.8, 4) is 21.6 Å². The van der Waals surface area contributed by atoms with Gasteiger partial charge in [-0.15, -0.1) is 11.3 Å². The minimum atomic E-state index is -0.269. The molecule has 0 atom stereocenters. The molecule has 0 saturated carbocycles. The Balaban J connectivity index is 2.06. The molecule has 0 bridgehead atoms. The van der Waals surface area contributed by atoms with Gasteiger partial charge in [0.15, 0.2) is 0 Å². The number of rotatable bonds is 4. The first-order valence-electron chi connectivity index (χ1n) is 7.65. The third-order valence-electron chi connectivity index (χ3n) is 3.60. The number of halogens is 1. The minimum absolute atomic E-state index is 0.0248. The maximum Gasteiger partial charge on any atom is 0.227 e. The fraction of sp³-hybridized carbons (Fsp3) is 0.158. The van der Waals surface area contributed by atoms with Crippen molar-refractivity contribution in [1.29, 1.82) is 0 Å². The van der Waals surface area contributed by atoms with Crippen LogP contribution in [-0.4, -0.2) is 10.9 Å². The summed E-state index contributed by atoms with van der Waals surface area (Å²) in [6.07, 6.45) is 3.46. The van der Waals surface area contributed by atoms with Crippen LogP contribution >= 0.6 is 11.3 Å². The molecule has 122 valence electrons. The summed E-state index contributed by atoms with van der Waals surface area (Å²) in [6, 6.07) is 12.2. The average molecular weight is 340 g/mol. The number of nitrogens with zero attached hydrogens (tertiary/aromatic N) is 1. The average Bonchev–Trinajstić information content (AvgIpc) is 3.00. The number of pyridine rings is 1. The van der Waals surface area contributed by atoms with Crippen LogP contribution in [-0.2, 0) is 4.79 Å². The number of benzene rings is 1. The lowest BCUT2D eigenvalue weighted by Crippen LogP contribution is -2.16. The Morgan fingerprint density at radius 3 is 2.38 bits per heavy atom. The van der Waals surface area contributed by atoms with E-state index in [0.717, 1.165) is 26.6 Å². The van der Waals surface area contributed by atoms with E-state index in [0.29, 0.717) is 0 Å². The quantitative estimate of drug-likeness (QED) is 0.708. The van der Waals surface area contributed by atoms with Gasteiger partial charge in [-0.1, -0.05) is 26.0 Å². The summed E-state index contributed by atoms with van der Waals surface area (Å²) < 4.78 is 13.2. The van der Waals surface area contributed by atoms with Crippen LogP contribution in [0.2, 0.25) is 0 Å². The summed E-state index contributed by atoms with van der Waals surface area (Å²) in [5.74, 6) is -0.386. The van der Waals surface area contributed by atoms with Crippen LogP contribution in [0.3, 0.4) is 0 Å². The normalized spacial score (nSPS) is 10.8. The van der Waals surface area contributed by atoms with E-state index in [9.17, 15) is 9.18 Å². The number of hydrogen-bond donors (Lipinski definition) is 1. The van der Waals surface area contributed by atoms with Crippen molar-refractivity contribution < 1.29 is 9.18 Å². The van der Waals surface area contributed by atoms with E-state index >= 15 is 0 Å². The highest BCUT2D eigenvalue weighted by atomic mass is 32.1. The third-order valence-corrected chi connectivity index (χ3v) is 4.70. The molecule has 0 saturated heterocycles. The van der Waals surface area contributed by atoms with Crippen LogP contribution in [0.4, 0.5) is 9.39 Å². The predicted octanol–water partition coefficient (Wildman–Crippen LogP) is 5.21. The van der Waals surface area contributed by atoms with Crippen molar-refractivity contribution in [2.75, 3.05) is 5.32 Å². The number of hydrogen-bond acceptors (Lipinski definition) is 3. The Morgan fingerprint density at radius 1 is 1.08 bits per heavy atom. The Hall–Kier alpha value is -2.53. The number of amides is 1. The monoisotopic (exact) mass is 340 g/mol. The van der Waals surface area contributed by atoms with Gasteiger partial charge in [-0.05, 0) is 41.5 Å². The third kappa shape index (κ3) is 3.51. The standard InChI is InChI=1S/C19H17FN2OS/c1-12(2)19(23)22-17-11-16(13-7-9-21-10-8-13)18(24-17)14-3-5-15(20)6-4-14/h3-12H,1-2H3,(H,22,23). The number of anilines is 1.